The molecule has 0 saturated carbocycles. The average molecular weight is 254 g/mol. The van der Waals surface area contributed by atoms with Gasteiger partial charge in [0.15, 0.2) is 0 Å². The van der Waals surface area contributed by atoms with Gasteiger partial charge in [0.05, 0.1) is 6.42 Å². The molecule has 0 radical (unpaired) electrons. The Labute approximate surface area is 106 Å². The van der Waals surface area contributed by atoms with Gasteiger partial charge in [-0.05, 0) is 31.5 Å². The summed E-state index contributed by atoms with van der Waals surface area (Å²) in [6.45, 7) is 3.66. The van der Waals surface area contributed by atoms with Crippen molar-refractivity contribution in [1.29, 1.82) is 0 Å². The van der Waals surface area contributed by atoms with Crippen molar-refractivity contribution in [3.8, 4) is 0 Å². The molecular formula is C12H16ClN3O. The van der Waals surface area contributed by atoms with Gasteiger partial charge in [0.25, 0.3) is 0 Å². The first kappa shape index (κ1) is 13.5. The van der Waals surface area contributed by atoms with Crippen LogP contribution in [-0.4, -0.2) is 18.7 Å². The van der Waals surface area contributed by atoms with Crippen LogP contribution in [0.1, 0.15) is 18.9 Å². The van der Waals surface area contributed by atoms with Crippen molar-refractivity contribution in [2.24, 2.45) is 5.10 Å². The van der Waals surface area contributed by atoms with Crippen LogP contribution < -0.4 is 10.7 Å². The fraction of sp³-hybridized carbons (Fsp3) is 0.333. The van der Waals surface area contributed by atoms with Gasteiger partial charge in [0.1, 0.15) is 0 Å². The molecule has 1 aromatic carbocycles. The van der Waals surface area contributed by atoms with Crippen LogP contribution in [0.3, 0.4) is 0 Å². The predicted molar refractivity (Wildman–Crippen MR) is 71.6 cm³/mol. The Morgan fingerprint density at radius 3 is 2.82 bits per heavy atom. The van der Waals surface area contributed by atoms with Crippen LogP contribution in [0.2, 0.25) is 5.02 Å². The lowest BCUT2D eigenvalue weighted by molar-refractivity contribution is -0.115. The number of nitrogens with one attached hydrogen (secondary N) is 2. The summed E-state index contributed by atoms with van der Waals surface area (Å²) in [7, 11) is 1.70. The number of amides is 1. The molecule has 2 N–H and O–H groups in total. The smallest absolute Gasteiger partial charge is 0.230 e. The Morgan fingerprint density at radius 1 is 1.47 bits per heavy atom. The third-order valence-electron chi connectivity index (χ3n) is 2.26. The van der Waals surface area contributed by atoms with Crippen molar-refractivity contribution in [3.63, 3.8) is 0 Å². The van der Waals surface area contributed by atoms with Gasteiger partial charge in [0, 0.05) is 23.5 Å². The normalized spacial score (nSPS) is 11.2. The summed E-state index contributed by atoms with van der Waals surface area (Å²) in [5.41, 5.74) is 4.97. The number of nitrogens with zero attached hydrogens (tertiary/aromatic N) is 1. The molecule has 17 heavy (non-hydrogen) atoms. The number of carbonyl (C=O) groups excluding carboxylic acids is 1. The predicted octanol–water partition coefficient (Wildman–Crippen LogP) is 2.57. The van der Waals surface area contributed by atoms with E-state index in [0.717, 1.165) is 17.0 Å². The third kappa shape index (κ3) is 4.07. The van der Waals surface area contributed by atoms with Gasteiger partial charge in [-0.25, -0.2) is 0 Å². The highest BCUT2D eigenvalue weighted by Crippen LogP contribution is 2.22. The summed E-state index contributed by atoms with van der Waals surface area (Å²) in [6, 6.07) is 5.42. The van der Waals surface area contributed by atoms with Crippen LogP contribution in [0.5, 0.6) is 0 Å². The highest BCUT2D eigenvalue weighted by molar-refractivity contribution is 6.31. The number of rotatable bonds is 4. The number of carbonyl (C=O) groups is 1. The topological polar surface area (TPSA) is 53.5 Å². The Balaban J connectivity index is 2.69. The Kier molecular flexibility index (Phi) is 4.97. The minimum Gasteiger partial charge on any atom is -0.325 e. The second kappa shape index (κ2) is 6.25. The zero-order chi connectivity index (χ0) is 12.8. The number of halogens is 1. The number of anilines is 1. The lowest BCUT2D eigenvalue weighted by Gasteiger charge is -2.09. The van der Waals surface area contributed by atoms with E-state index in [9.17, 15) is 4.79 Å². The zero-order valence-corrected chi connectivity index (χ0v) is 10.9. The van der Waals surface area contributed by atoms with E-state index in [1.807, 2.05) is 13.0 Å². The summed E-state index contributed by atoms with van der Waals surface area (Å²) >= 11 is 5.97. The Morgan fingerprint density at radius 2 is 2.18 bits per heavy atom. The molecule has 1 aromatic rings. The molecular weight excluding hydrogens is 238 g/mol. The lowest BCUT2D eigenvalue weighted by atomic mass is 10.2. The molecule has 0 aromatic heterocycles. The molecule has 0 unspecified atom stereocenters. The zero-order valence-electron chi connectivity index (χ0n) is 10.2. The van der Waals surface area contributed by atoms with E-state index >= 15 is 0 Å². The Bertz CT molecular complexity index is 443. The van der Waals surface area contributed by atoms with Crippen molar-refractivity contribution >= 4 is 28.9 Å². The van der Waals surface area contributed by atoms with Crippen molar-refractivity contribution in [3.05, 3.63) is 28.8 Å². The molecule has 0 aliphatic carbocycles. The van der Waals surface area contributed by atoms with Crippen molar-refractivity contribution < 1.29 is 4.79 Å². The fourth-order valence-electron chi connectivity index (χ4n) is 1.40. The molecule has 0 aliphatic heterocycles. The molecule has 92 valence electrons. The summed E-state index contributed by atoms with van der Waals surface area (Å²) in [4.78, 5) is 11.7. The van der Waals surface area contributed by atoms with Gasteiger partial charge in [-0.2, -0.15) is 5.10 Å². The molecule has 0 aliphatic rings. The number of hydrogen-bond donors (Lipinski definition) is 2. The second-order valence-electron chi connectivity index (χ2n) is 3.71. The maximum atomic E-state index is 11.7. The monoisotopic (exact) mass is 253 g/mol. The average Bonchev–Trinajstić information content (AvgIpc) is 2.25. The van der Waals surface area contributed by atoms with E-state index in [2.05, 4.69) is 15.8 Å². The van der Waals surface area contributed by atoms with Crippen LogP contribution in [0.4, 0.5) is 5.69 Å². The highest BCUT2D eigenvalue weighted by atomic mass is 35.5. The van der Waals surface area contributed by atoms with Gasteiger partial charge in [-0.1, -0.05) is 17.7 Å². The van der Waals surface area contributed by atoms with E-state index < -0.39 is 0 Å². The van der Waals surface area contributed by atoms with Gasteiger partial charge < -0.3 is 10.7 Å². The van der Waals surface area contributed by atoms with Gasteiger partial charge in [0.2, 0.25) is 5.91 Å². The quantitative estimate of drug-likeness (QED) is 0.640. The van der Waals surface area contributed by atoms with E-state index in [-0.39, 0.29) is 12.3 Å². The van der Waals surface area contributed by atoms with Crippen LogP contribution in [0, 0.1) is 6.92 Å². The fourth-order valence-corrected chi connectivity index (χ4v) is 1.57. The minimum atomic E-state index is -0.105. The highest BCUT2D eigenvalue weighted by Gasteiger charge is 2.07. The summed E-state index contributed by atoms with van der Waals surface area (Å²) < 4.78 is 0. The molecule has 0 saturated heterocycles. The number of hydrazone groups is 1. The van der Waals surface area contributed by atoms with Gasteiger partial charge >= 0.3 is 0 Å². The van der Waals surface area contributed by atoms with Gasteiger partial charge in [-0.15, -0.1) is 0 Å². The molecule has 1 rings (SSSR count). The number of benzene rings is 1. The first-order chi connectivity index (χ1) is 8.04. The summed E-state index contributed by atoms with van der Waals surface area (Å²) in [6.07, 6.45) is 0.257. The molecule has 0 bridgehead atoms. The van der Waals surface area contributed by atoms with E-state index in [1.54, 1.807) is 26.1 Å². The molecule has 0 heterocycles. The third-order valence-corrected chi connectivity index (χ3v) is 2.67. The van der Waals surface area contributed by atoms with Crippen LogP contribution in [-0.2, 0) is 4.79 Å². The van der Waals surface area contributed by atoms with Crippen LogP contribution >= 0.6 is 11.6 Å². The van der Waals surface area contributed by atoms with Gasteiger partial charge in [-0.3, -0.25) is 4.79 Å². The van der Waals surface area contributed by atoms with Crippen molar-refractivity contribution in [1.82, 2.24) is 5.43 Å². The van der Waals surface area contributed by atoms with E-state index in [1.165, 1.54) is 0 Å². The number of hydrogen-bond acceptors (Lipinski definition) is 3. The maximum Gasteiger partial charge on any atom is 0.230 e. The van der Waals surface area contributed by atoms with Crippen LogP contribution in [0.15, 0.2) is 23.3 Å². The Hall–Kier alpha value is -1.55. The minimum absolute atomic E-state index is 0.105. The summed E-state index contributed by atoms with van der Waals surface area (Å²) in [5.74, 6) is -0.105. The van der Waals surface area contributed by atoms with Crippen molar-refractivity contribution in [2.75, 3.05) is 12.4 Å². The molecule has 5 heteroatoms. The molecule has 0 atom stereocenters. The molecule has 4 nitrogen and oxygen atoms in total. The largest absolute Gasteiger partial charge is 0.325 e. The van der Waals surface area contributed by atoms with E-state index in [0.29, 0.717) is 5.02 Å². The first-order valence-electron chi connectivity index (χ1n) is 5.29. The maximum absolute atomic E-state index is 11.7. The van der Waals surface area contributed by atoms with E-state index in [4.69, 9.17) is 11.6 Å². The SMILES string of the molecule is CNN=C(C)CC(=O)Nc1cccc(Cl)c1C. The molecule has 1 amide bonds. The molecule has 0 spiro atoms. The van der Waals surface area contributed by atoms with Crippen molar-refractivity contribution in [2.45, 2.75) is 20.3 Å². The summed E-state index contributed by atoms with van der Waals surface area (Å²) in [5, 5.41) is 7.38. The molecule has 0 fully saturated rings. The second-order valence-corrected chi connectivity index (χ2v) is 4.12. The van der Waals surface area contributed by atoms with Crippen LogP contribution in [0.25, 0.3) is 0 Å². The lowest BCUT2D eigenvalue weighted by Crippen LogP contribution is -2.17. The standard InChI is InChI=1S/C12H16ClN3O/c1-8(16-14-3)7-12(17)15-11-6-4-5-10(13)9(11)2/h4-6,14H,7H2,1-3H3,(H,15,17). The first-order valence-corrected chi connectivity index (χ1v) is 5.67.